The van der Waals surface area contributed by atoms with Crippen LogP contribution in [0.3, 0.4) is 0 Å². The zero-order valence-corrected chi connectivity index (χ0v) is 37.1. The van der Waals surface area contributed by atoms with Gasteiger partial charge in [-0.3, -0.25) is 0 Å². The van der Waals surface area contributed by atoms with E-state index in [1.165, 1.54) is 119 Å². The molecule has 14 rings (SSSR count). The lowest BCUT2D eigenvalue weighted by Crippen LogP contribution is -2.11. The Morgan fingerprint density at radius 3 is 1.94 bits per heavy atom. The van der Waals surface area contributed by atoms with Crippen LogP contribution in [0.25, 0.3) is 104 Å². The van der Waals surface area contributed by atoms with Gasteiger partial charge < -0.3 is 13.9 Å². The molecule has 13 aromatic rings. The number of benzene rings is 11. The van der Waals surface area contributed by atoms with E-state index >= 15 is 0 Å². The number of hydrogen-bond donors (Lipinski definition) is 0. The molecule has 3 heteroatoms. The summed E-state index contributed by atoms with van der Waals surface area (Å²) >= 11 is 0. The van der Waals surface area contributed by atoms with Crippen LogP contribution in [-0.4, -0.2) is 4.57 Å². The molecule has 2 heterocycles. The zero-order valence-electron chi connectivity index (χ0n) is 37.1. The van der Waals surface area contributed by atoms with E-state index < -0.39 is 0 Å². The van der Waals surface area contributed by atoms with Crippen molar-refractivity contribution in [3.8, 4) is 16.8 Å². The maximum atomic E-state index is 6.27. The van der Waals surface area contributed by atoms with Gasteiger partial charge >= 0.3 is 0 Å². The summed E-state index contributed by atoms with van der Waals surface area (Å²) in [7, 11) is 0. The van der Waals surface area contributed by atoms with Gasteiger partial charge in [-0.25, -0.2) is 0 Å². The van der Waals surface area contributed by atoms with Gasteiger partial charge in [0.1, 0.15) is 11.2 Å². The molecule has 1 aliphatic carbocycles. The lowest BCUT2D eigenvalue weighted by atomic mass is 9.82. The molecule has 1 aliphatic rings. The smallest absolute Gasteiger partial charge is 0.135 e. The van der Waals surface area contributed by atoms with E-state index in [4.69, 9.17) is 4.42 Å². The first-order chi connectivity index (χ1) is 33.2. The van der Waals surface area contributed by atoms with Crippen molar-refractivity contribution in [2.45, 2.75) is 38.0 Å². The molecule has 318 valence electrons. The first-order valence-electron chi connectivity index (χ1n) is 23.9. The Morgan fingerprint density at radius 2 is 1.03 bits per heavy atom. The molecule has 0 spiro atoms. The van der Waals surface area contributed by atoms with Crippen molar-refractivity contribution in [2.75, 3.05) is 4.90 Å². The van der Waals surface area contributed by atoms with Crippen LogP contribution in [0.15, 0.2) is 217 Å². The van der Waals surface area contributed by atoms with Gasteiger partial charge in [-0.05, 0) is 140 Å². The maximum Gasteiger partial charge on any atom is 0.135 e. The van der Waals surface area contributed by atoms with Gasteiger partial charge in [-0.1, -0.05) is 165 Å². The Balaban J connectivity index is 0.965. The summed E-state index contributed by atoms with van der Waals surface area (Å²) in [4.78, 5) is 2.51. The minimum absolute atomic E-state index is 0.595. The minimum atomic E-state index is 0.595. The number of nitrogens with zero attached hydrogens (tertiary/aromatic N) is 2. The molecule has 1 fully saturated rings. The third kappa shape index (κ3) is 6.11. The fourth-order valence-electron chi connectivity index (χ4n) is 11.8. The molecule has 0 N–H and O–H groups in total. The third-order valence-corrected chi connectivity index (χ3v) is 14.9. The van der Waals surface area contributed by atoms with E-state index in [2.05, 4.69) is 216 Å². The van der Waals surface area contributed by atoms with Gasteiger partial charge in [0.25, 0.3) is 0 Å². The van der Waals surface area contributed by atoms with Crippen LogP contribution in [0.1, 0.15) is 43.6 Å². The second-order valence-electron chi connectivity index (χ2n) is 18.7. The number of anilines is 3. The average molecular weight is 859 g/mol. The van der Waals surface area contributed by atoms with Crippen molar-refractivity contribution in [2.24, 2.45) is 0 Å². The Labute approximate surface area is 388 Å². The second kappa shape index (κ2) is 15.2. The van der Waals surface area contributed by atoms with Crippen molar-refractivity contribution >= 4 is 104 Å². The number of fused-ring (bicyclic) bond motifs is 12. The summed E-state index contributed by atoms with van der Waals surface area (Å²) in [5, 5.41) is 15.0. The lowest BCUT2D eigenvalue weighted by Gasteiger charge is -2.29. The van der Waals surface area contributed by atoms with Crippen molar-refractivity contribution in [1.29, 1.82) is 0 Å². The van der Waals surface area contributed by atoms with Crippen LogP contribution in [0.5, 0.6) is 0 Å². The third-order valence-electron chi connectivity index (χ3n) is 14.9. The van der Waals surface area contributed by atoms with Crippen LogP contribution >= 0.6 is 0 Å². The highest BCUT2D eigenvalue weighted by Crippen LogP contribution is 2.46. The highest BCUT2D eigenvalue weighted by molar-refractivity contribution is 6.18. The van der Waals surface area contributed by atoms with E-state index in [1.807, 2.05) is 6.07 Å². The average Bonchev–Trinajstić information content (AvgIpc) is 3.94. The van der Waals surface area contributed by atoms with Gasteiger partial charge in [-0.2, -0.15) is 0 Å². The summed E-state index contributed by atoms with van der Waals surface area (Å²) in [5.74, 6) is 0.595. The zero-order chi connectivity index (χ0) is 44.0. The Morgan fingerprint density at radius 1 is 0.373 bits per heavy atom. The van der Waals surface area contributed by atoms with Crippen molar-refractivity contribution in [1.82, 2.24) is 4.57 Å². The van der Waals surface area contributed by atoms with Crippen molar-refractivity contribution in [3.05, 3.63) is 218 Å². The quantitative estimate of drug-likeness (QED) is 0.155. The Hall–Kier alpha value is -8.14. The molecule has 67 heavy (non-hydrogen) atoms. The van der Waals surface area contributed by atoms with Gasteiger partial charge in [0, 0.05) is 44.0 Å². The molecule has 11 aromatic carbocycles. The largest absolute Gasteiger partial charge is 0.456 e. The maximum absolute atomic E-state index is 6.27. The molecular formula is C64H46N2O. The highest BCUT2D eigenvalue weighted by Gasteiger charge is 2.22. The van der Waals surface area contributed by atoms with Gasteiger partial charge in [0.2, 0.25) is 0 Å². The second-order valence-corrected chi connectivity index (χ2v) is 18.7. The van der Waals surface area contributed by atoms with Crippen LogP contribution < -0.4 is 4.90 Å². The van der Waals surface area contributed by atoms with Crippen molar-refractivity contribution < 1.29 is 4.42 Å². The molecule has 1 saturated carbocycles. The predicted octanol–water partition coefficient (Wildman–Crippen LogP) is 18.5. The van der Waals surface area contributed by atoms with Crippen LogP contribution in [0.2, 0.25) is 0 Å². The summed E-state index contributed by atoms with van der Waals surface area (Å²) in [6.07, 6.45) is 6.49. The fourth-order valence-corrected chi connectivity index (χ4v) is 11.8. The monoisotopic (exact) mass is 858 g/mol. The topological polar surface area (TPSA) is 21.3 Å². The SMILES string of the molecule is c1cc(-c2ccc3c4ccccc4n(-c4ccc5oc6ccccc6c5c4)c3c2)cc(N(c2ccc3ccc4c5ccccc5ccc4c3c2)c2cccc3c(C4CCCCC4)cccc23)c1. The number of para-hydroxylation sites is 2. The van der Waals surface area contributed by atoms with E-state index in [0.717, 1.165) is 39.0 Å². The molecule has 0 bridgehead atoms. The van der Waals surface area contributed by atoms with Crippen molar-refractivity contribution in [3.63, 3.8) is 0 Å². The summed E-state index contributed by atoms with van der Waals surface area (Å²) in [5.41, 5.74) is 12.6. The molecule has 0 radical (unpaired) electrons. The molecule has 0 amide bonds. The minimum Gasteiger partial charge on any atom is -0.456 e. The molecule has 2 aromatic heterocycles. The van der Waals surface area contributed by atoms with Crippen LogP contribution in [-0.2, 0) is 0 Å². The normalized spacial score (nSPS) is 13.6. The van der Waals surface area contributed by atoms with Crippen LogP contribution in [0, 0.1) is 0 Å². The van der Waals surface area contributed by atoms with E-state index in [1.54, 1.807) is 0 Å². The van der Waals surface area contributed by atoms with Crippen LogP contribution in [0.4, 0.5) is 17.1 Å². The lowest BCUT2D eigenvalue weighted by molar-refractivity contribution is 0.445. The fraction of sp³-hybridized carbons (Fsp3) is 0.0938. The number of rotatable bonds is 6. The van der Waals surface area contributed by atoms with E-state index in [9.17, 15) is 0 Å². The predicted molar refractivity (Wildman–Crippen MR) is 284 cm³/mol. The molecule has 0 aliphatic heterocycles. The first-order valence-corrected chi connectivity index (χ1v) is 23.9. The van der Waals surface area contributed by atoms with E-state index in [0.29, 0.717) is 5.92 Å². The molecule has 0 atom stereocenters. The number of furan rings is 1. The standard InChI is InChI=1S/C64H46N2O/c1-2-13-41(14-3-1)50-21-11-23-54-51(50)22-12-25-60(54)65(47-31-27-43-29-33-52-49-18-5-4-15-42(49)28-34-53(52)58(43)39-47)46-17-10-16-44(37-46)45-30-35-56-55-19-6-8-24-61(55)66(62(56)38-45)48-32-36-64-59(40-48)57-20-7-9-26-63(57)67-64/h4-12,15-41H,1-3,13-14H2. The molecule has 0 unspecified atom stereocenters. The molecular weight excluding hydrogens is 813 g/mol. The first kappa shape index (κ1) is 38.2. The number of aromatic nitrogens is 1. The van der Waals surface area contributed by atoms with Gasteiger partial charge in [0.15, 0.2) is 0 Å². The van der Waals surface area contributed by atoms with Gasteiger partial charge in [0.05, 0.1) is 16.7 Å². The Bertz CT molecular complexity index is 4110. The van der Waals surface area contributed by atoms with Gasteiger partial charge in [-0.15, -0.1) is 0 Å². The summed E-state index contributed by atoms with van der Waals surface area (Å²) < 4.78 is 8.70. The number of hydrogen-bond acceptors (Lipinski definition) is 2. The Kier molecular flexibility index (Phi) is 8.67. The summed E-state index contributed by atoms with van der Waals surface area (Å²) in [6.45, 7) is 0. The highest BCUT2D eigenvalue weighted by atomic mass is 16.3. The molecule has 3 nitrogen and oxygen atoms in total. The van der Waals surface area contributed by atoms with E-state index in [-0.39, 0.29) is 0 Å². The summed E-state index contributed by atoms with van der Waals surface area (Å²) in [6, 6.07) is 78.9. The molecule has 0 saturated heterocycles.